The molecule has 0 unspecified atom stereocenters. The zero-order chi connectivity index (χ0) is 16.0. The first-order valence-electron chi connectivity index (χ1n) is 7.58. The number of nitrogens with zero attached hydrogens (tertiary/aromatic N) is 1. The molecule has 6 heteroatoms. The van der Waals surface area contributed by atoms with E-state index in [9.17, 15) is 4.39 Å². The first kappa shape index (κ1) is 19.2. The Hall–Kier alpha value is -0.880. The zero-order valence-electron chi connectivity index (χ0n) is 13.4. The van der Waals surface area contributed by atoms with E-state index >= 15 is 0 Å². The van der Waals surface area contributed by atoms with Crippen molar-refractivity contribution < 1.29 is 4.39 Å². The van der Waals surface area contributed by atoms with E-state index in [1.807, 2.05) is 23.9 Å². The van der Waals surface area contributed by atoms with Gasteiger partial charge in [0, 0.05) is 25.0 Å². The molecule has 0 amide bonds. The van der Waals surface area contributed by atoms with Gasteiger partial charge >= 0.3 is 0 Å². The lowest BCUT2D eigenvalue weighted by Gasteiger charge is -2.11. The van der Waals surface area contributed by atoms with Crippen LogP contribution in [0.5, 0.6) is 0 Å². The maximum absolute atomic E-state index is 12.8. The number of thioether (sulfide) groups is 2. The Balaban J connectivity index is 2.05. The second kappa shape index (κ2) is 12.6. The highest BCUT2D eigenvalue weighted by Gasteiger charge is 1.98. The monoisotopic (exact) mass is 343 g/mol. The minimum absolute atomic E-state index is 0.182. The average Bonchev–Trinajstić information content (AvgIpc) is 2.54. The summed E-state index contributed by atoms with van der Waals surface area (Å²) in [6.45, 7) is 1.85. The smallest absolute Gasteiger partial charge is 0.190 e. The Morgan fingerprint density at radius 2 is 1.73 bits per heavy atom. The highest BCUT2D eigenvalue weighted by molar-refractivity contribution is 7.99. The Morgan fingerprint density at radius 3 is 2.36 bits per heavy atom. The highest BCUT2D eigenvalue weighted by Crippen LogP contribution is 2.18. The van der Waals surface area contributed by atoms with E-state index in [0.717, 1.165) is 36.1 Å². The fraction of sp³-hybridized carbons (Fsp3) is 0.562. The van der Waals surface area contributed by atoms with Gasteiger partial charge in [-0.15, -0.1) is 11.8 Å². The summed E-state index contributed by atoms with van der Waals surface area (Å²) in [6.07, 6.45) is 5.58. The molecule has 0 bridgehead atoms. The summed E-state index contributed by atoms with van der Waals surface area (Å²) in [6, 6.07) is 6.65. The van der Waals surface area contributed by atoms with E-state index in [0.29, 0.717) is 0 Å². The van der Waals surface area contributed by atoms with E-state index in [1.54, 1.807) is 18.8 Å². The average molecular weight is 344 g/mol. The Labute approximate surface area is 141 Å². The lowest BCUT2D eigenvalue weighted by molar-refractivity contribution is 0.626. The summed E-state index contributed by atoms with van der Waals surface area (Å²) in [5.41, 5.74) is 0. The lowest BCUT2D eigenvalue weighted by atomic mass is 10.3. The third-order valence-electron chi connectivity index (χ3n) is 2.99. The van der Waals surface area contributed by atoms with Crippen molar-refractivity contribution in [1.82, 2.24) is 10.6 Å². The van der Waals surface area contributed by atoms with Crippen LogP contribution in [0, 0.1) is 5.82 Å². The van der Waals surface area contributed by atoms with Gasteiger partial charge < -0.3 is 10.6 Å². The van der Waals surface area contributed by atoms with E-state index in [1.165, 1.54) is 30.7 Å². The SMILES string of the molecule is CN=C(NCCCCSC)NCCCSc1ccc(F)cc1. The molecule has 0 fully saturated rings. The number of guanidine groups is 1. The number of rotatable bonds is 10. The normalized spacial score (nSPS) is 11.5. The summed E-state index contributed by atoms with van der Waals surface area (Å²) in [5.74, 6) is 2.91. The molecule has 0 atom stereocenters. The van der Waals surface area contributed by atoms with Crippen LogP contribution >= 0.6 is 23.5 Å². The van der Waals surface area contributed by atoms with Crippen LogP contribution in [-0.4, -0.2) is 43.9 Å². The van der Waals surface area contributed by atoms with Crippen LogP contribution in [0.15, 0.2) is 34.2 Å². The number of hydrogen-bond acceptors (Lipinski definition) is 3. The third-order valence-corrected chi connectivity index (χ3v) is 4.78. The minimum atomic E-state index is -0.182. The summed E-state index contributed by atoms with van der Waals surface area (Å²) >= 11 is 3.63. The van der Waals surface area contributed by atoms with Gasteiger partial charge in [0.15, 0.2) is 5.96 Å². The predicted octanol–water partition coefficient (Wildman–Crippen LogP) is 3.62. The van der Waals surface area contributed by atoms with Gasteiger partial charge in [-0.2, -0.15) is 11.8 Å². The number of unbranched alkanes of at least 4 members (excludes halogenated alkanes) is 1. The first-order chi connectivity index (χ1) is 10.8. The molecule has 2 N–H and O–H groups in total. The predicted molar refractivity (Wildman–Crippen MR) is 98.7 cm³/mol. The second-order valence-electron chi connectivity index (χ2n) is 4.78. The van der Waals surface area contributed by atoms with Gasteiger partial charge in [-0.1, -0.05) is 0 Å². The highest BCUT2D eigenvalue weighted by atomic mass is 32.2. The first-order valence-corrected chi connectivity index (χ1v) is 9.96. The number of halogens is 1. The molecule has 0 aromatic heterocycles. The topological polar surface area (TPSA) is 36.4 Å². The molecule has 3 nitrogen and oxygen atoms in total. The molecule has 0 heterocycles. The quantitative estimate of drug-likeness (QED) is 0.294. The van der Waals surface area contributed by atoms with Crippen LogP contribution in [0.2, 0.25) is 0 Å². The molecular formula is C16H26FN3S2. The van der Waals surface area contributed by atoms with E-state index in [-0.39, 0.29) is 5.82 Å². The fourth-order valence-corrected chi connectivity index (χ4v) is 3.14. The maximum Gasteiger partial charge on any atom is 0.190 e. The van der Waals surface area contributed by atoms with Crippen LogP contribution < -0.4 is 10.6 Å². The van der Waals surface area contributed by atoms with Gasteiger partial charge in [0.25, 0.3) is 0 Å². The molecule has 1 aromatic carbocycles. The summed E-state index contributed by atoms with van der Waals surface area (Å²) in [7, 11) is 1.80. The summed E-state index contributed by atoms with van der Waals surface area (Å²) < 4.78 is 12.8. The fourth-order valence-electron chi connectivity index (χ4n) is 1.80. The van der Waals surface area contributed by atoms with Crippen molar-refractivity contribution in [3.8, 4) is 0 Å². The largest absolute Gasteiger partial charge is 0.356 e. The van der Waals surface area contributed by atoms with Gasteiger partial charge in [-0.05, 0) is 61.3 Å². The van der Waals surface area contributed by atoms with Crippen LogP contribution in [0.25, 0.3) is 0 Å². The molecule has 1 rings (SSSR count). The Bertz CT molecular complexity index is 424. The minimum Gasteiger partial charge on any atom is -0.356 e. The van der Waals surface area contributed by atoms with E-state index in [4.69, 9.17) is 0 Å². The molecule has 124 valence electrons. The van der Waals surface area contributed by atoms with E-state index < -0.39 is 0 Å². The number of nitrogens with one attached hydrogen (secondary N) is 2. The van der Waals surface area contributed by atoms with Crippen molar-refractivity contribution in [2.24, 2.45) is 4.99 Å². The van der Waals surface area contributed by atoms with Gasteiger partial charge in [0.05, 0.1) is 0 Å². The maximum atomic E-state index is 12.8. The molecular weight excluding hydrogens is 317 g/mol. The number of hydrogen-bond donors (Lipinski definition) is 2. The molecule has 0 aliphatic heterocycles. The molecule has 0 aliphatic carbocycles. The van der Waals surface area contributed by atoms with Gasteiger partial charge in [-0.25, -0.2) is 4.39 Å². The summed E-state index contributed by atoms with van der Waals surface area (Å²) in [5, 5.41) is 6.64. The molecule has 0 spiro atoms. The van der Waals surface area contributed by atoms with E-state index in [2.05, 4.69) is 21.9 Å². The lowest BCUT2D eigenvalue weighted by Crippen LogP contribution is -2.38. The number of benzene rings is 1. The van der Waals surface area contributed by atoms with Crippen LogP contribution in [-0.2, 0) is 0 Å². The molecule has 0 saturated carbocycles. The van der Waals surface area contributed by atoms with Crippen molar-refractivity contribution in [2.45, 2.75) is 24.2 Å². The molecule has 22 heavy (non-hydrogen) atoms. The van der Waals surface area contributed by atoms with Crippen molar-refractivity contribution in [2.75, 3.05) is 37.9 Å². The number of aliphatic imine (C=N–C) groups is 1. The molecule has 0 radical (unpaired) electrons. The zero-order valence-corrected chi connectivity index (χ0v) is 15.0. The Kier molecular flexibility index (Phi) is 11.0. The van der Waals surface area contributed by atoms with Crippen LogP contribution in [0.1, 0.15) is 19.3 Å². The van der Waals surface area contributed by atoms with Crippen molar-refractivity contribution >= 4 is 29.5 Å². The van der Waals surface area contributed by atoms with Gasteiger partial charge in [0.2, 0.25) is 0 Å². The van der Waals surface area contributed by atoms with Gasteiger partial charge in [-0.3, -0.25) is 4.99 Å². The molecule has 0 aliphatic rings. The molecule has 1 aromatic rings. The van der Waals surface area contributed by atoms with Crippen molar-refractivity contribution in [3.63, 3.8) is 0 Å². The second-order valence-corrected chi connectivity index (χ2v) is 6.94. The Morgan fingerprint density at radius 1 is 1.05 bits per heavy atom. The van der Waals surface area contributed by atoms with Crippen LogP contribution in [0.4, 0.5) is 4.39 Å². The third kappa shape index (κ3) is 9.20. The van der Waals surface area contributed by atoms with Crippen LogP contribution in [0.3, 0.4) is 0 Å². The molecule has 0 saturated heterocycles. The van der Waals surface area contributed by atoms with Crippen molar-refractivity contribution in [1.29, 1.82) is 0 Å². The summed E-state index contributed by atoms with van der Waals surface area (Å²) in [4.78, 5) is 5.32. The van der Waals surface area contributed by atoms with Crippen molar-refractivity contribution in [3.05, 3.63) is 30.1 Å². The standard InChI is InChI=1S/C16H26FN3S2/c1-18-16(19-10-3-4-12-21-2)20-11-5-13-22-15-8-6-14(17)7-9-15/h6-9H,3-5,10-13H2,1-2H3,(H2,18,19,20). The van der Waals surface area contributed by atoms with Gasteiger partial charge in [0.1, 0.15) is 5.82 Å².